The van der Waals surface area contributed by atoms with Crippen LogP contribution in [0.15, 0.2) is 52.1 Å². The van der Waals surface area contributed by atoms with Crippen LogP contribution in [0.2, 0.25) is 0 Å². The minimum absolute atomic E-state index is 0.0349. The summed E-state index contributed by atoms with van der Waals surface area (Å²) in [6.07, 6.45) is 1.41. The summed E-state index contributed by atoms with van der Waals surface area (Å²) in [7, 11) is -1.75. The Balaban J connectivity index is 1.75. The van der Waals surface area contributed by atoms with Gasteiger partial charge in [0.25, 0.3) is 10.0 Å². The van der Waals surface area contributed by atoms with Crippen molar-refractivity contribution in [3.05, 3.63) is 47.8 Å². The number of carbonyl (C=O) groups is 1. The predicted octanol–water partition coefficient (Wildman–Crippen LogP) is 2.81. The second-order valence-electron chi connectivity index (χ2n) is 5.87. The molecule has 0 bridgehead atoms. The van der Waals surface area contributed by atoms with E-state index in [0.29, 0.717) is 23.6 Å². The summed E-state index contributed by atoms with van der Waals surface area (Å²) < 4.78 is 27.1. The van der Waals surface area contributed by atoms with E-state index in [4.69, 9.17) is 0 Å². The molecule has 0 saturated carbocycles. The van der Waals surface area contributed by atoms with Gasteiger partial charge in [-0.05, 0) is 36.4 Å². The number of hydrogen-bond donors (Lipinski definition) is 0. The van der Waals surface area contributed by atoms with Gasteiger partial charge in [0.1, 0.15) is 4.21 Å². The molecule has 1 aliphatic heterocycles. The number of hydrogen-bond acceptors (Lipinski definition) is 4. The molecule has 1 amide bonds. The standard InChI is InChI=1S/C17H20N2O3S2/c1-18(15-8-3-2-4-9-15)17(20)14-7-5-11-19(13-14)24(21,22)16-10-6-12-23-16/h2-4,6,8-10,12,14H,5,7,11,13H2,1H3. The Morgan fingerprint density at radius 2 is 1.96 bits per heavy atom. The third-order valence-corrected chi connectivity index (χ3v) is 7.53. The SMILES string of the molecule is CN(C(=O)C1CCCN(S(=O)(=O)c2cccs2)C1)c1ccccc1. The lowest BCUT2D eigenvalue weighted by atomic mass is 9.98. The van der Waals surface area contributed by atoms with Crippen LogP contribution in [-0.2, 0) is 14.8 Å². The molecule has 128 valence electrons. The lowest BCUT2D eigenvalue weighted by molar-refractivity contribution is -0.123. The summed E-state index contributed by atoms with van der Waals surface area (Å²) in [5.41, 5.74) is 0.820. The molecule has 1 saturated heterocycles. The molecule has 2 aromatic rings. The summed E-state index contributed by atoms with van der Waals surface area (Å²) in [6, 6.07) is 12.8. The largest absolute Gasteiger partial charge is 0.315 e. The number of rotatable bonds is 4. The normalized spacial score (nSPS) is 19.1. The van der Waals surface area contributed by atoms with E-state index < -0.39 is 10.0 Å². The summed E-state index contributed by atoms with van der Waals surface area (Å²) in [6.45, 7) is 0.718. The molecule has 2 heterocycles. The Bertz CT molecular complexity index is 789. The van der Waals surface area contributed by atoms with Gasteiger partial charge in [-0.25, -0.2) is 8.42 Å². The molecule has 1 unspecified atom stereocenters. The number of benzene rings is 1. The molecule has 3 rings (SSSR count). The number of thiophene rings is 1. The fraction of sp³-hybridized carbons (Fsp3) is 0.353. The Morgan fingerprint density at radius 1 is 1.21 bits per heavy atom. The number of para-hydroxylation sites is 1. The van der Waals surface area contributed by atoms with Crippen LogP contribution in [-0.4, -0.2) is 38.8 Å². The van der Waals surface area contributed by atoms with Crippen LogP contribution >= 0.6 is 11.3 Å². The number of nitrogens with zero attached hydrogens (tertiary/aromatic N) is 2. The highest BCUT2D eigenvalue weighted by molar-refractivity contribution is 7.91. The average molecular weight is 364 g/mol. The first-order chi connectivity index (χ1) is 11.5. The van der Waals surface area contributed by atoms with E-state index in [1.54, 1.807) is 29.5 Å². The molecular formula is C17H20N2O3S2. The van der Waals surface area contributed by atoms with Crippen LogP contribution < -0.4 is 4.90 Å². The monoisotopic (exact) mass is 364 g/mol. The fourth-order valence-electron chi connectivity index (χ4n) is 2.95. The van der Waals surface area contributed by atoms with Crippen molar-refractivity contribution in [2.75, 3.05) is 25.0 Å². The van der Waals surface area contributed by atoms with E-state index in [0.717, 1.165) is 5.69 Å². The minimum Gasteiger partial charge on any atom is -0.315 e. The highest BCUT2D eigenvalue weighted by Gasteiger charge is 2.35. The van der Waals surface area contributed by atoms with Gasteiger partial charge in [0.2, 0.25) is 5.91 Å². The lowest BCUT2D eigenvalue weighted by Crippen LogP contribution is -2.45. The smallest absolute Gasteiger partial charge is 0.252 e. The zero-order valence-electron chi connectivity index (χ0n) is 13.5. The van der Waals surface area contributed by atoms with Crippen molar-refractivity contribution >= 4 is 33.0 Å². The predicted molar refractivity (Wildman–Crippen MR) is 95.7 cm³/mol. The Kier molecular flexibility index (Phi) is 5.03. The van der Waals surface area contributed by atoms with Crippen molar-refractivity contribution in [1.82, 2.24) is 4.31 Å². The molecular weight excluding hydrogens is 344 g/mol. The van der Waals surface area contributed by atoms with E-state index in [1.165, 1.54) is 15.6 Å². The van der Waals surface area contributed by atoms with E-state index >= 15 is 0 Å². The maximum absolute atomic E-state index is 12.8. The van der Waals surface area contributed by atoms with Gasteiger partial charge in [-0.2, -0.15) is 4.31 Å². The van der Waals surface area contributed by atoms with Gasteiger partial charge >= 0.3 is 0 Å². The average Bonchev–Trinajstić information content (AvgIpc) is 3.17. The number of amides is 1. The highest BCUT2D eigenvalue weighted by atomic mass is 32.2. The molecule has 1 aromatic heterocycles. The van der Waals surface area contributed by atoms with E-state index in [9.17, 15) is 13.2 Å². The van der Waals surface area contributed by atoms with Gasteiger partial charge in [-0.3, -0.25) is 4.79 Å². The van der Waals surface area contributed by atoms with Crippen LogP contribution in [0.1, 0.15) is 12.8 Å². The van der Waals surface area contributed by atoms with Crippen molar-refractivity contribution in [2.45, 2.75) is 17.1 Å². The van der Waals surface area contributed by atoms with Crippen molar-refractivity contribution in [3.63, 3.8) is 0 Å². The summed E-state index contributed by atoms with van der Waals surface area (Å²) in [5, 5.41) is 1.75. The summed E-state index contributed by atoms with van der Waals surface area (Å²) in [4.78, 5) is 14.4. The molecule has 7 heteroatoms. The van der Waals surface area contributed by atoms with Gasteiger partial charge in [0.15, 0.2) is 0 Å². The topological polar surface area (TPSA) is 57.7 Å². The zero-order valence-corrected chi connectivity index (χ0v) is 15.1. The second kappa shape index (κ2) is 7.04. The summed E-state index contributed by atoms with van der Waals surface area (Å²) >= 11 is 1.21. The van der Waals surface area contributed by atoms with Gasteiger partial charge < -0.3 is 4.90 Å². The molecule has 1 aromatic carbocycles. The lowest BCUT2D eigenvalue weighted by Gasteiger charge is -2.33. The Hall–Kier alpha value is -1.70. The van der Waals surface area contributed by atoms with Gasteiger partial charge in [-0.15, -0.1) is 11.3 Å². The molecule has 0 spiro atoms. The van der Waals surface area contributed by atoms with Gasteiger partial charge in [-0.1, -0.05) is 24.3 Å². The third-order valence-electron chi connectivity index (χ3n) is 4.30. The molecule has 1 fully saturated rings. The second-order valence-corrected chi connectivity index (χ2v) is 8.98. The first-order valence-corrected chi connectivity index (χ1v) is 10.2. The Morgan fingerprint density at radius 3 is 2.62 bits per heavy atom. The first kappa shape index (κ1) is 17.1. The van der Waals surface area contributed by atoms with Crippen molar-refractivity contribution in [3.8, 4) is 0 Å². The van der Waals surface area contributed by atoms with Crippen LogP contribution in [0.3, 0.4) is 0 Å². The molecule has 0 aliphatic carbocycles. The first-order valence-electron chi connectivity index (χ1n) is 7.86. The van der Waals surface area contributed by atoms with E-state index in [1.807, 2.05) is 30.3 Å². The third kappa shape index (κ3) is 3.38. The molecule has 1 atom stereocenters. The van der Waals surface area contributed by atoms with Crippen LogP contribution in [0.25, 0.3) is 0 Å². The maximum atomic E-state index is 12.8. The van der Waals surface area contributed by atoms with Crippen LogP contribution in [0, 0.1) is 5.92 Å². The van der Waals surface area contributed by atoms with Gasteiger partial charge in [0, 0.05) is 25.8 Å². The molecule has 24 heavy (non-hydrogen) atoms. The van der Waals surface area contributed by atoms with Crippen molar-refractivity contribution in [1.29, 1.82) is 0 Å². The maximum Gasteiger partial charge on any atom is 0.252 e. The van der Waals surface area contributed by atoms with Crippen molar-refractivity contribution in [2.24, 2.45) is 5.92 Å². The molecule has 1 aliphatic rings. The van der Waals surface area contributed by atoms with Crippen LogP contribution in [0.5, 0.6) is 0 Å². The number of sulfonamides is 1. The molecule has 0 N–H and O–H groups in total. The van der Waals surface area contributed by atoms with E-state index in [2.05, 4.69) is 0 Å². The molecule has 0 radical (unpaired) electrons. The zero-order chi connectivity index (χ0) is 17.2. The quantitative estimate of drug-likeness (QED) is 0.838. The van der Waals surface area contributed by atoms with Crippen LogP contribution in [0.4, 0.5) is 5.69 Å². The highest BCUT2D eigenvalue weighted by Crippen LogP contribution is 2.28. The summed E-state index contributed by atoms with van der Waals surface area (Å²) in [5.74, 6) is -0.342. The number of piperidine rings is 1. The minimum atomic E-state index is -3.49. The van der Waals surface area contributed by atoms with E-state index in [-0.39, 0.29) is 18.4 Å². The van der Waals surface area contributed by atoms with Crippen molar-refractivity contribution < 1.29 is 13.2 Å². The molecule has 5 nitrogen and oxygen atoms in total. The number of anilines is 1. The fourth-order valence-corrected chi connectivity index (χ4v) is 5.62. The Labute approximate surface area is 146 Å². The number of carbonyl (C=O) groups excluding carboxylic acids is 1. The van der Waals surface area contributed by atoms with Gasteiger partial charge in [0.05, 0.1) is 5.92 Å².